The molecule has 1 N–H and O–H groups in total. The van der Waals surface area contributed by atoms with Crippen LogP contribution in [0.1, 0.15) is 30.0 Å². The van der Waals surface area contributed by atoms with E-state index in [4.69, 9.17) is 11.6 Å². The van der Waals surface area contributed by atoms with Crippen molar-refractivity contribution in [1.82, 2.24) is 4.98 Å². The van der Waals surface area contributed by atoms with E-state index >= 15 is 0 Å². The van der Waals surface area contributed by atoms with Crippen LogP contribution in [-0.2, 0) is 12.6 Å². The molecule has 0 atom stereocenters. The molecule has 0 saturated carbocycles. The predicted octanol–water partition coefficient (Wildman–Crippen LogP) is 7.66. The molecule has 0 spiro atoms. The van der Waals surface area contributed by atoms with Crippen LogP contribution in [0.15, 0.2) is 54.0 Å². The van der Waals surface area contributed by atoms with E-state index < -0.39 is 11.7 Å². The summed E-state index contributed by atoms with van der Waals surface area (Å²) in [5.41, 5.74) is 2.33. The van der Waals surface area contributed by atoms with Crippen molar-refractivity contribution in [2.75, 3.05) is 5.32 Å². The van der Waals surface area contributed by atoms with Crippen molar-refractivity contribution >= 4 is 34.2 Å². The molecule has 8 heteroatoms. The quantitative estimate of drug-likeness (QED) is 0.383. The Balaban J connectivity index is 1.81. The maximum atomic E-state index is 12.9. The molecule has 1 aromatic heterocycles. The van der Waals surface area contributed by atoms with E-state index in [-0.39, 0.29) is 16.3 Å². The van der Waals surface area contributed by atoms with Gasteiger partial charge in [0, 0.05) is 17.1 Å². The van der Waals surface area contributed by atoms with Crippen molar-refractivity contribution in [3.8, 4) is 17.3 Å². The molecule has 160 valence electrons. The highest BCUT2D eigenvalue weighted by Gasteiger charge is 2.30. The van der Waals surface area contributed by atoms with Crippen molar-refractivity contribution in [1.29, 1.82) is 5.26 Å². The first-order chi connectivity index (χ1) is 14.7. The third-order valence-electron chi connectivity index (χ3n) is 4.41. The molecular formula is C23H19ClF3N3S. The Morgan fingerprint density at radius 3 is 2.55 bits per heavy atom. The molecule has 0 bridgehead atoms. The Morgan fingerprint density at radius 1 is 1.23 bits per heavy atom. The second-order valence-corrected chi connectivity index (χ2v) is 8.60. The standard InChI is InChI=1S/C23H19ClF3N3S/c1-14(2)9-15-3-5-16(6-4-15)21-13-31-22(30-21)17(11-28)12-29-20-10-18(23(25,26)27)7-8-19(20)24/h3-8,10,12-14,29H,9H2,1-2H3/b17-12+. The molecule has 3 aromatic rings. The molecular weight excluding hydrogens is 443 g/mol. The fourth-order valence-electron chi connectivity index (χ4n) is 2.92. The van der Waals surface area contributed by atoms with E-state index in [0.29, 0.717) is 10.9 Å². The minimum absolute atomic E-state index is 0.0572. The Hall–Kier alpha value is -2.82. The number of aromatic nitrogens is 1. The zero-order chi connectivity index (χ0) is 22.6. The lowest BCUT2D eigenvalue weighted by Crippen LogP contribution is -2.05. The minimum atomic E-state index is -4.49. The monoisotopic (exact) mass is 461 g/mol. The van der Waals surface area contributed by atoms with Gasteiger partial charge in [-0.1, -0.05) is 49.7 Å². The first-order valence-corrected chi connectivity index (χ1v) is 10.7. The maximum Gasteiger partial charge on any atom is 0.416 e. The van der Waals surface area contributed by atoms with Crippen molar-refractivity contribution in [2.45, 2.75) is 26.4 Å². The Bertz CT molecular complexity index is 1130. The van der Waals surface area contributed by atoms with Crippen LogP contribution in [0.25, 0.3) is 16.8 Å². The summed E-state index contributed by atoms with van der Waals surface area (Å²) in [5, 5.41) is 14.6. The summed E-state index contributed by atoms with van der Waals surface area (Å²) in [6.45, 7) is 4.33. The predicted molar refractivity (Wildman–Crippen MR) is 120 cm³/mol. The highest BCUT2D eigenvalue weighted by Crippen LogP contribution is 2.34. The van der Waals surface area contributed by atoms with Crippen LogP contribution < -0.4 is 5.32 Å². The number of halogens is 4. The van der Waals surface area contributed by atoms with Crippen LogP contribution in [-0.4, -0.2) is 4.98 Å². The lowest BCUT2D eigenvalue weighted by atomic mass is 10.0. The van der Waals surface area contributed by atoms with E-state index in [1.54, 1.807) is 0 Å². The van der Waals surface area contributed by atoms with Crippen molar-refractivity contribution < 1.29 is 13.2 Å². The molecule has 2 aromatic carbocycles. The molecule has 0 aliphatic carbocycles. The van der Waals surface area contributed by atoms with Gasteiger partial charge in [0.25, 0.3) is 0 Å². The Kier molecular flexibility index (Phi) is 7.04. The van der Waals surface area contributed by atoms with Crippen molar-refractivity contribution in [3.05, 3.63) is 75.2 Å². The summed E-state index contributed by atoms with van der Waals surface area (Å²) in [4.78, 5) is 4.51. The fraction of sp³-hybridized carbons (Fsp3) is 0.217. The van der Waals surface area contributed by atoms with Gasteiger partial charge in [-0.05, 0) is 36.1 Å². The molecule has 0 aliphatic heterocycles. The van der Waals surface area contributed by atoms with Crippen molar-refractivity contribution in [3.63, 3.8) is 0 Å². The summed E-state index contributed by atoms with van der Waals surface area (Å²) in [7, 11) is 0. The van der Waals surface area contributed by atoms with Gasteiger partial charge >= 0.3 is 6.18 Å². The fourth-order valence-corrected chi connectivity index (χ4v) is 3.88. The Morgan fingerprint density at radius 2 is 1.94 bits per heavy atom. The van der Waals surface area contributed by atoms with E-state index in [2.05, 4.69) is 36.3 Å². The van der Waals surface area contributed by atoms with Gasteiger partial charge in [0.2, 0.25) is 0 Å². The number of hydrogen-bond acceptors (Lipinski definition) is 4. The summed E-state index contributed by atoms with van der Waals surface area (Å²) in [6, 6.07) is 13.1. The average molecular weight is 462 g/mol. The number of nitrogens with zero attached hydrogens (tertiary/aromatic N) is 2. The lowest BCUT2D eigenvalue weighted by Gasteiger charge is -2.10. The van der Waals surface area contributed by atoms with Gasteiger partial charge in [-0.2, -0.15) is 18.4 Å². The normalized spacial score (nSPS) is 12.1. The van der Waals surface area contributed by atoms with Gasteiger partial charge in [-0.25, -0.2) is 4.98 Å². The second kappa shape index (κ2) is 9.54. The van der Waals surface area contributed by atoms with Gasteiger partial charge in [0.05, 0.1) is 22.0 Å². The molecule has 0 amide bonds. The number of benzene rings is 2. The molecule has 0 saturated heterocycles. The summed E-state index contributed by atoms with van der Waals surface area (Å²) in [5.74, 6) is 0.567. The van der Waals surface area contributed by atoms with Gasteiger partial charge in [-0.3, -0.25) is 0 Å². The van der Waals surface area contributed by atoms with E-state index in [0.717, 1.165) is 35.9 Å². The van der Waals surface area contributed by atoms with Crippen molar-refractivity contribution in [2.24, 2.45) is 5.92 Å². The van der Waals surface area contributed by atoms with Crippen LogP contribution in [0.5, 0.6) is 0 Å². The van der Waals surface area contributed by atoms with Gasteiger partial charge in [0.1, 0.15) is 16.6 Å². The molecule has 0 fully saturated rings. The second-order valence-electron chi connectivity index (χ2n) is 7.34. The number of nitrogens with one attached hydrogen (secondary N) is 1. The topological polar surface area (TPSA) is 48.7 Å². The maximum absolute atomic E-state index is 12.9. The number of nitriles is 1. The summed E-state index contributed by atoms with van der Waals surface area (Å²) >= 11 is 7.28. The van der Waals surface area contributed by atoms with Crippen LogP contribution in [0, 0.1) is 17.2 Å². The molecule has 0 aliphatic rings. The summed E-state index contributed by atoms with van der Waals surface area (Å²) in [6.07, 6.45) is -2.18. The van der Waals surface area contributed by atoms with E-state index in [1.165, 1.54) is 23.1 Å². The molecule has 0 unspecified atom stereocenters. The van der Waals surface area contributed by atoms with Crippen LogP contribution in [0.3, 0.4) is 0 Å². The van der Waals surface area contributed by atoms with Crippen LogP contribution in [0.4, 0.5) is 18.9 Å². The van der Waals surface area contributed by atoms with E-state index in [9.17, 15) is 18.4 Å². The Labute approximate surface area is 187 Å². The van der Waals surface area contributed by atoms with Gasteiger partial charge in [0.15, 0.2) is 0 Å². The van der Waals surface area contributed by atoms with E-state index in [1.807, 2.05) is 23.6 Å². The minimum Gasteiger partial charge on any atom is -0.359 e. The zero-order valence-corrected chi connectivity index (χ0v) is 18.4. The number of allylic oxidation sites excluding steroid dienone is 1. The smallest absolute Gasteiger partial charge is 0.359 e. The first kappa shape index (κ1) is 22.9. The number of thiazole rings is 1. The molecule has 3 nitrogen and oxygen atoms in total. The number of hydrogen-bond donors (Lipinski definition) is 1. The lowest BCUT2D eigenvalue weighted by molar-refractivity contribution is -0.137. The SMILES string of the molecule is CC(C)Cc1ccc(-c2csc(/C(C#N)=C/Nc3cc(C(F)(F)F)ccc3Cl)n2)cc1. The third kappa shape index (κ3) is 5.87. The molecule has 0 radical (unpaired) electrons. The first-order valence-electron chi connectivity index (χ1n) is 9.46. The average Bonchev–Trinajstić information content (AvgIpc) is 3.19. The van der Waals surface area contributed by atoms with Gasteiger partial charge in [-0.15, -0.1) is 11.3 Å². The zero-order valence-electron chi connectivity index (χ0n) is 16.8. The highest BCUT2D eigenvalue weighted by atomic mass is 35.5. The van der Waals surface area contributed by atoms with Crippen LogP contribution in [0.2, 0.25) is 5.02 Å². The highest BCUT2D eigenvalue weighted by molar-refractivity contribution is 7.11. The molecule has 1 heterocycles. The number of anilines is 1. The largest absolute Gasteiger partial charge is 0.416 e. The molecule has 3 rings (SSSR count). The van der Waals surface area contributed by atoms with Gasteiger partial charge < -0.3 is 5.32 Å². The van der Waals surface area contributed by atoms with Crippen LogP contribution >= 0.6 is 22.9 Å². The number of rotatable bonds is 6. The third-order valence-corrected chi connectivity index (χ3v) is 5.62. The number of alkyl halides is 3. The molecule has 31 heavy (non-hydrogen) atoms. The summed E-state index contributed by atoms with van der Waals surface area (Å²) < 4.78 is 38.8.